The Balaban J connectivity index is 1.68. The van der Waals surface area contributed by atoms with E-state index in [1.807, 2.05) is 11.0 Å². The first-order valence-electron chi connectivity index (χ1n) is 9.13. The number of H-pyrrole nitrogens is 1. The van der Waals surface area contributed by atoms with Crippen molar-refractivity contribution in [3.05, 3.63) is 47.3 Å². The number of carbonyl (C=O) groups excluding carboxylic acids is 1. The monoisotopic (exact) mass is 367 g/mol. The second kappa shape index (κ2) is 6.90. The molecule has 0 radical (unpaired) electrons. The molecule has 0 bridgehead atoms. The number of carboxylic acids is 1. The van der Waals surface area contributed by atoms with Gasteiger partial charge in [0.1, 0.15) is 5.65 Å². The van der Waals surface area contributed by atoms with Crippen molar-refractivity contribution < 1.29 is 19.4 Å². The lowest BCUT2D eigenvalue weighted by Crippen LogP contribution is -2.34. The van der Waals surface area contributed by atoms with Crippen LogP contribution < -0.4 is 0 Å². The number of rotatable bonds is 4. The van der Waals surface area contributed by atoms with Crippen molar-refractivity contribution in [3.63, 3.8) is 0 Å². The van der Waals surface area contributed by atoms with E-state index in [0.29, 0.717) is 5.65 Å². The average molecular weight is 367 g/mol. The third-order valence-corrected chi connectivity index (χ3v) is 5.30. The molecule has 0 saturated heterocycles. The van der Waals surface area contributed by atoms with Crippen LogP contribution in [0.2, 0.25) is 0 Å². The van der Waals surface area contributed by atoms with Crippen molar-refractivity contribution in [1.29, 1.82) is 0 Å². The summed E-state index contributed by atoms with van der Waals surface area (Å²) in [5.74, 6) is -1.70. The summed E-state index contributed by atoms with van der Waals surface area (Å²) in [6.07, 6.45) is 10.3. The summed E-state index contributed by atoms with van der Waals surface area (Å²) in [5.41, 5.74) is 1.13. The number of Topliss-reactive ketones (excluding diaryl/α,β-unsaturated/α-hetero) is 1. The van der Waals surface area contributed by atoms with E-state index in [1.165, 1.54) is 6.42 Å². The second-order valence-electron chi connectivity index (χ2n) is 6.97. The number of hydrogen-bond donors (Lipinski definition) is 2. The number of allylic oxidation sites excluding steroid dienone is 1. The van der Waals surface area contributed by atoms with E-state index < -0.39 is 11.8 Å². The van der Waals surface area contributed by atoms with Crippen LogP contribution in [0.1, 0.15) is 37.7 Å². The van der Waals surface area contributed by atoms with Crippen LogP contribution in [0.4, 0.5) is 0 Å². The molecule has 140 valence electrons. The molecule has 2 aliphatic rings. The Morgan fingerprint density at radius 3 is 2.89 bits per heavy atom. The van der Waals surface area contributed by atoms with E-state index in [2.05, 4.69) is 9.97 Å². The molecular formula is C20H21N3O4. The van der Waals surface area contributed by atoms with E-state index in [-0.39, 0.29) is 23.3 Å². The molecule has 1 aliphatic heterocycles. The number of carboxylic acid groups (broad SMARTS) is 1. The minimum Gasteiger partial charge on any atom is -0.477 e. The van der Waals surface area contributed by atoms with Gasteiger partial charge < -0.3 is 19.7 Å². The van der Waals surface area contributed by atoms with Crippen LogP contribution in [0.5, 0.6) is 0 Å². The van der Waals surface area contributed by atoms with Gasteiger partial charge in [0.15, 0.2) is 11.3 Å². The highest BCUT2D eigenvalue weighted by molar-refractivity contribution is 6.26. The van der Waals surface area contributed by atoms with Gasteiger partial charge in [-0.05, 0) is 31.1 Å². The third-order valence-electron chi connectivity index (χ3n) is 5.30. The van der Waals surface area contributed by atoms with Crippen LogP contribution >= 0.6 is 0 Å². The van der Waals surface area contributed by atoms with Crippen LogP contribution in [-0.2, 0) is 14.3 Å². The fourth-order valence-electron chi connectivity index (χ4n) is 3.83. The molecule has 1 saturated carbocycles. The largest absolute Gasteiger partial charge is 0.477 e. The zero-order valence-electron chi connectivity index (χ0n) is 15.1. The SMILES string of the molecule is CN(C1=C(C(=O)O)C(=O)C(=Cc2c[nH]c3ncccc23)O1)C1CCCCC1. The molecule has 2 N–H and O–H groups in total. The molecule has 4 rings (SSSR count). The fourth-order valence-corrected chi connectivity index (χ4v) is 3.83. The van der Waals surface area contributed by atoms with Crippen LogP contribution in [-0.4, -0.2) is 44.8 Å². The van der Waals surface area contributed by atoms with Gasteiger partial charge in [-0.25, -0.2) is 9.78 Å². The number of aromatic nitrogens is 2. The van der Waals surface area contributed by atoms with Crippen molar-refractivity contribution in [1.82, 2.24) is 14.9 Å². The van der Waals surface area contributed by atoms with E-state index >= 15 is 0 Å². The maximum atomic E-state index is 12.7. The summed E-state index contributed by atoms with van der Waals surface area (Å²) in [4.78, 5) is 33.5. The molecule has 0 aromatic carbocycles. The number of hydrogen-bond acceptors (Lipinski definition) is 5. The number of nitrogens with zero attached hydrogens (tertiary/aromatic N) is 2. The lowest BCUT2D eigenvalue weighted by Gasteiger charge is -2.32. The molecule has 2 aromatic rings. The minimum atomic E-state index is -1.26. The van der Waals surface area contributed by atoms with Crippen molar-refractivity contribution in [2.75, 3.05) is 7.05 Å². The topological polar surface area (TPSA) is 95.5 Å². The fraction of sp³-hybridized carbons (Fsp3) is 0.350. The zero-order chi connectivity index (χ0) is 19.0. The van der Waals surface area contributed by atoms with Gasteiger partial charge in [0.2, 0.25) is 11.7 Å². The quantitative estimate of drug-likeness (QED) is 0.637. The van der Waals surface area contributed by atoms with Crippen molar-refractivity contribution in [2.24, 2.45) is 0 Å². The van der Waals surface area contributed by atoms with E-state index in [1.54, 1.807) is 31.6 Å². The summed E-state index contributed by atoms with van der Waals surface area (Å²) in [5, 5.41) is 10.4. The molecule has 7 heteroatoms. The third kappa shape index (κ3) is 3.09. The first-order valence-corrected chi connectivity index (χ1v) is 9.13. The predicted octanol–water partition coefficient (Wildman–Crippen LogP) is 3.06. The Morgan fingerprint density at radius 2 is 2.15 bits per heavy atom. The molecule has 0 spiro atoms. The predicted molar refractivity (Wildman–Crippen MR) is 99.5 cm³/mol. The van der Waals surface area contributed by atoms with Crippen molar-refractivity contribution >= 4 is 28.9 Å². The smallest absolute Gasteiger partial charge is 0.345 e. The van der Waals surface area contributed by atoms with Gasteiger partial charge >= 0.3 is 5.97 Å². The van der Waals surface area contributed by atoms with E-state index in [0.717, 1.165) is 36.6 Å². The Kier molecular flexibility index (Phi) is 4.43. The number of ether oxygens (including phenoxy) is 1. The van der Waals surface area contributed by atoms with Crippen molar-refractivity contribution in [3.8, 4) is 0 Å². The number of fused-ring (bicyclic) bond motifs is 1. The molecule has 1 aliphatic carbocycles. The molecular weight excluding hydrogens is 346 g/mol. The van der Waals surface area contributed by atoms with Gasteiger partial charge in [-0.15, -0.1) is 0 Å². The van der Waals surface area contributed by atoms with Gasteiger partial charge in [-0.2, -0.15) is 0 Å². The van der Waals surface area contributed by atoms with Crippen LogP contribution in [0.3, 0.4) is 0 Å². The molecule has 0 atom stereocenters. The standard InChI is InChI=1S/C20H21N3O4/c1-23(13-6-3-2-4-7-13)19-16(20(25)26)17(24)15(27-19)10-12-11-22-18-14(12)8-5-9-21-18/h5,8-11,13H,2-4,6-7H2,1H3,(H,21,22)(H,25,26). The first-order chi connectivity index (χ1) is 13.1. The molecule has 1 fully saturated rings. The van der Waals surface area contributed by atoms with Crippen LogP contribution in [0, 0.1) is 0 Å². The number of ketones is 1. The highest BCUT2D eigenvalue weighted by atomic mass is 16.5. The highest BCUT2D eigenvalue weighted by Gasteiger charge is 2.39. The van der Waals surface area contributed by atoms with Crippen LogP contribution in [0.15, 0.2) is 41.7 Å². The zero-order valence-corrected chi connectivity index (χ0v) is 15.1. The number of nitrogens with one attached hydrogen (secondary N) is 1. The number of carbonyl (C=O) groups is 2. The van der Waals surface area contributed by atoms with Crippen molar-refractivity contribution in [2.45, 2.75) is 38.1 Å². The Hall–Kier alpha value is -3.09. The molecule has 7 nitrogen and oxygen atoms in total. The Labute approximate surface area is 156 Å². The molecule has 27 heavy (non-hydrogen) atoms. The van der Waals surface area contributed by atoms with Gasteiger partial charge in [0.05, 0.1) is 0 Å². The lowest BCUT2D eigenvalue weighted by atomic mass is 9.94. The molecule has 0 amide bonds. The molecule has 2 aromatic heterocycles. The maximum absolute atomic E-state index is 12.7. The normalized spacial score (nSPS) is 19.7. The number of aromatic amines is 1. The van der Waals surface area contributed by atoms with E-state index in [9.17, 15) is 14.7 Å². The minimum absolute atomic E-state index is 0.0230. The van der Waals surface area contributed by atoms with Gasteiger partial charge in [0, 0.05) is 36.4 Å². The maximum Gasteiger partial charge on any atom is 0.345 e. The van der Waals surface area contributed by atoms with Gasteiger partial charge in [-0.1, -0.05) is 19.3 Å². The number of pyridine rings is 1. The van der Waals surface area contributed by atoms with Gasteiger partial charge in [0.25, 0.3) is 0 Å². The highest BCUT2D eigenvalue weighted by Crippen LogP contribution is 2.33. The Bertz CT molecular complexity index is 967. The lowest BCUT2D eigenvalue weighted by molar-refractivity contribution is -0.134. The van der Waals surface area contributed by atoms with E-state index in [4.69, 9.17) is 4.74 Å². The summed E-state index contributed by atoms with van der Waals surface area (Å²) < 4.78 is 5.79. The Morgan fingerprint density at radius 1 is 1.37 bits per heavy atom. The first kappa shape index (κ1) is 17.3. The molecule has 0 unspecified atom stereocenters. The summed E-state index contributed by atoms with van der Waals surface area (Å²) in [6, 6.07) is 3.87. The summed E-state index contributed by atoms with van der Waals surface area (Å²) >= 11 is 0. The summed E-state index contributed by atoms with van der Waals surface area (Å²) in [6.45, 7) is 0. The van der Waals surface area contributed by atoms with Gasteiger partial charge in [-0.3, -0.25) is 4.79 Å². The molecule has 3 heterocycles. The number of aliphatic carboxylic acids is 1. The summed E-state index contributed by atoms with van der Waals surface area (Å²) in [7, 11) is 1.81. The second-order valence-corrected chi connectivity index (χ2v) is 6.97. The average Bonchev–Trinajstić information content (AvgIpc) is 3.24. The van der Waals surface area contributed by atoms with Crippen LogP contribution in [0.25, 0.3) is 17.1 Å².